The van der Waals surface area contributed by atoms with Gasteiger partial charge in [0, 0.05) is 23.0 Å². The molecule has 0 N–H and O–H groups in total. The maximum atomic E-state index is 13.1. The molecule has 2 aromatic heterocycles. The summed E-state index contributed by atoms with van der Waals surface area (Å²) in [5.41, 5.74) is 0.720. The fraction of sp³-hybridized carbons (Fsp3) is 0.294. The van der Waals surface area contributed by atoms with E-state index in [-0.39, 0.29) is 5.82 Å². The summed E-state index contributed by atoms with van der Waals surface area (Å²) in [5.74, 6) is 0.138. The number of benzene rings is 1. The molecule has 0 spiro atoms. The van der Waals surface area contributed by atoms with Crippen molar-refractivity contribution in [2.45, 2.75) is 25.6 Å². The lowest BCUT2D eigenvalue weighted by Gasteiger charge is -2.22. The minimum atomic E-state index is -0.285. The van der Waals surface area contributed by atoms with E-state index in [9.17, 15) is 4.39 Å². The third-order valence-electron chi connectivity index (χ3n) is 4.25. The zero-order valence-electron chi connectivity index (χ0n) is 12.9. The Hall–Kier alpha value is -1.83. The predicted molar refractivity (Wildman–Crippen MR) is 93.7 cm³/mol. The molecule has 0 bridgehead atoms. The van der Waals surface area contributed by atoms with Gasteiger partial charge in [0.1, 0.15) is 5.82 Å². The van der Waals surface area contributed by atoms with Crippen LogP contribution in [0.25, 0.3) is 11.5 Å². The van der Waals surface area contributed by atoms with Crippen LogP contribution in [0, 0.1) is 10.7 Å². The number of hydrogen-bond acceptors (Lipinski definition) is 5. The quantitative estimate of drug-likeness (QED) is 0.621. The molecule has 4 nitrogen and oxygen atoms in total. The molecule has 0 radical (unpaired) electrons. The number of thiophene rings is 1. The topological polar surface area (TPSA) is 34.2 Å². The largest absolute Gasteiger partial charge is 0.409 e. The molecule has 0 unspecified atom stereocenters. The molecule has 1 aliphatic heterocycles. The smallest absolute Gasteiger partial charge is 0.288 e. The van der Waals surface area contributed by atoms with E-state index in [2.05, 4.69) is 27.5 Å². The molecule has 7 heteroatoms. The van der Waals surface area contributed by atoms with Gasteiger partial charge < -0.3 is 4.42 Å². The van der Waals surface area contributed by atoms with Crippen LogP contribution in [0.3, 0.4) is 0 Å². The maximum absolute atomic E-state index is 13.1. The standard InChI is InChI=1S/C17H16FN3OS2/c18-13-7-5-12(6-8-13)16-19-21(17(23)22-16)11-20-9-1-3-14(20)15-4-2-10-24-15/h2,4-8,10,14H,1,3,9,11H2/t14-/m0/s1. The summed E-state index contributed by atoms with van der Waals surface area (Å²) < 4.78 is 20.4. The van der Waals surface area contributed by atoms with Gasteiger partial charge >= 0.3 is 0 Å². The Balaban J connectivity index is 1.57. The molecule has 1 aliphatic rings. The number of hydrogen-bond donors (Lipinski definition) is 0. The van der Waals surface area contributed by atoms with Crippen LogP contribution >= 0.6 is 23.6 Å². The zero-order chi connectivity index (χ0) is 16.5. The highest BCUT2D eigenvalue weighted by Crippen LogP contribution is 2.34. The molecule has 124 valence electrons. The highest BCUT2D eigenvalue weighted by Gasteiger charge is 2.27. The molecule has 1 aromatic carbocycles. The first-order valence-corrected chi connectivity index (χ1v) is 9.11. The van der Waals surface area contributed by atoms with Crippen molar-refractivity contribution < 1.29 is 8.81 Å². The van der Waals surface area contributed by atoms with Crippen LogP contribution in [0.4, 0.5) is 4.39 Å². The molecule has 4 rings (SSSR count). The van der Waals surface area contributed by atoms with Gasteiger partial charge in [-0.25, -0.2) is 9.07 Å². The fourth-order valence-corrected chi connectivity index (χ4v) is 4.15. The highest BCUT2D eigenvalue weighted by atomic mass is 32.1. The minimum absolute atomic E-state index is 0.285. The molecular weight excluding hydrogens is 345 g/mol. The maximum Gasteiger partial charge on any atom is 0.288 e. The van der Waals surface area contributed by atoms with E-state index in [1.165, 1.54) is 23.4 Å². The van der Waals surface area contributed by atoms with Crippen LogP contribution in [0.15, 0.2) is 46.2 Å². The first kappa shape index (κ1) is 15.7. The van der Waals surface area contributed by atoms with Crippen LogP contribution in [0.2, 0.25) is 0 Å². The second-order valence-electron chi connectivity index (χ2n) is 5.81. The molecule has 0 saturated carbocycles. The van der Waals surface area contributed by atoms with Gasteiger partial charge in [-0.1, -0.05) is 6.07 Å². The molecule has 1 fully saturated rings. The Bertz CT molecular complexity index is 870. The highest BCUT2D eigenvalue weighted by molar-refractivity contribution is 7.71. The van der Waals surface area contributed by atoms with Gasteiger partial charge in [-0.15, -0.1) is 16.4 Å². The van der Waals surface area contributed by atoms with Crippen molar-refractivity contribution in [2.24, 2.45) is 0 Å². The van der Waals surface area contributed by atoms with Crippen molar-refractivity contribution >= 4 is 23.6 Å². The van der Waals surface area contributed by atoms with E-state index >= 15 is 0 Å². The van der Waals surface area contributed by atoms with Gasteiger partial charge in [-0.05, 0) is 60.8 Å². The molecule has 0 aliphatic carbocycles. The van der Waals surface area contributed by atoms with E-state index in [1.54, 1.807) is 28.2 Å². The average molecular weight is 361 g/mol. The van der Waals surface area contributed by atoms with Gasteiger partial charge in [-0.2, -0.15) is 0 Å². The van der Waals surface area contributed by atoms with Gasteiger partial charge in [0.2, 0.25) is 5.89 Å². The lowest BCUT2D eigenvalue weighted by Crippen LogP contribution is -2.26. The van der Waals surface area contributed by atoms with Gasteiger partial charge in [0.05, 0.1) is 6.67 Å². The number of aromatic nitrogens is 2. The third kappa shape index (κ3) is 3.07. The minimum Gasteiger partial charge on any atom is -0.409 e. The summed E-state index contributed by atoms with van der Waals surface area (Å²) in [7, 11) is 0. The molecule has 1 atom stereocenters. The van der Waals surface area contributed by atoms with Crippen molar-refractivity contribution in [2.75, 3.05) is 6.54 Å². The van der Waals surface area contributed by atoms with Crippen molar-refractivity contribution in [3.63, 3.8) is 0 Å². The lowest BCUT2D eigenvalue weighted by molar-refractivity contribution is 0.190. The SMILES string of the molecule is Fc1ccc(-c2nn(CN3CCC[C@H]3c3cccs3)c(=S)o2)cc1. The second-order valence-corrected chi connectivity index (χ2v) is 7.14. The first-order chi connectivity index (χ1) is 11.7. The van der Waals surface area contributed by atoms with Crippen LogP contribution in [0.5, 0.6) is 0 Å². The summed E-state index contributed by atoms with van der Waals surface area (Å²) in [6.07, 6.45) is 2.31. The molecule has 0 amide bonds. The molecule has 3 heterocycles. The van der Waals surface area contributed by atoms with Crippen molar-refractivity contribution in [1.82, 2.24) is 14.7 Å². The Labute approximate surface area is 148 Å². The van der Waals surface area contributed by atoms with Crippen LogP contribution in [-0.4, -0.2) is 21.2 Å². The summed E-state index contributed by atoms with van der Waals surface area (Å²) in [4.78, 5) is 4.09. The van der Waals surface area contributed by atoms with Crippen molar-refractivity contribution in [3.8, 4) is 11.5 Å². The number of likely N-dealkylation sites (tertiary alicyclic amines) is 1. The average Bonchev–Trinajstić information content (AvgIpc) is 3.30. The number of nitrogens with zero attached hydrogens (tertiary/aromatic N) is 3. The van der Waals surface area contributed by atoms with E-state index in [4.69, 9.17) is 16.6 Å². The number of halogens is 1. The van der Waals surface area contributed by atoms with Crippen LogP contribution in [0.1, 0.15) is 23.8 Å². The van der Waals surface area contributed by atoms with Gasteiger partial charge in [0.15, 0.2) is 0 Å². The van der Waals surface area contributed by atoms with E-state index in [0.29, 0.717) is 23.4 Å². The fourth-order valence-electron chi connectivity index (χ4n) is 3.08. The Kier molecular flexibility index (Phi) is 4.30. The van der Waals surface area contributed by atoms with Crippen LogP contribution < -0.4 is 0 Å². The molecule has 24 heavy (non-hydrogen) atoms. The third-order valence-corrected chi connectivity index (χ3v) is 5.52. The van der Waals surface area contributed by atoms with E-state index < -0.39 is 0 Å². The number of rotatable bonds is 4. The normalized spacial score (nSPS) is 18.3. The Morgan fingerprint density at radius 1 is 1.29 bits per heavy atom. The second kappa shape index (κ2) is 6.58. The van der Waals surface area contributed by atoms with Gasteiger partial charge in [0.25, 0.3) is 4.84 Å². The summed E-state index contributed by atoms with van der Waals surface area (Å²) in [6.45, 7) is 1.62. The summed E-state index contributed by atoms with van der Waals surface area (Å²) in [6, 6.07) is 10.7. The lowest BCUT2D eigenvalue weighted by atomic mass is 10.2. The Morgan fingerprint density at radius 2 is 2.12 bits per heavy atom. The van der Waals surface area contributed by atoms with Crippen molar-refractivity contribution in [3.05, 3.63) is 57.3 Å². The first-order valence-electron chi connectivity index (χ1n) is 7.82. The Morgan fingerprint density at radius 3 is 2.88 bits per heavy atom. The van der Waals surface area contributed by atoms with Crippen molar-refractivity contribution in [1.29, 1.82) is 0 Å². The van der Waals surface area contributed by atoms with Crippen LogP contribution in [-0.2, 0) is 6.67 Å². The molecule has 3 aromatic rings. The predicted octanol–water partition coefficient (Wildman–Crippen LogP) is 4.87. The van der Waals surface area contributed by atoms with Gasteiger partial charge in [-0.3, -0.25) is 4.90 Å². The monoisotopic (exact) mass is 361 g/mol. The summed E-state index contributed by atoms with van der Waals surface area (Å²) >= 11 is 7.09. The van der Waals surface area contributed by atoms with E-state index in [1.807, 2.05) is 0 Å². The molecule has 1 saturated heterocycles. The summed E-state index contributed by atoms with van der Waals surface area (Å²) in [5, 5.41) is 6.59. The zero-order valence-corrected chi connectivity index (χ0v) is 14.5. The van der Waals surface area contributed by atoms with E-state index in [0.717, 1.165) is 18.5 Å². The molecular formula is C17H16FN3OS2.